The lowest BCUT2D eigenvalue weighted by molar-refractivity contribution is -0.110. The third kappa shape index (κ3) is 3.85. The van der Waals surface area contributed by atoms with Crippen molar-refractivity contribution in [3.63, 3.8) is 0 Å². The lowest BCUT2D eigenvalue weighted by atomic mass is 9.70. The number of nitrogens with zero attached hydrogens (tertiary/aromatic N) is 1. The molecular weight excluding hydrogens is 317 g/mol. The Morgan fingerprint density at radius 3 is 2.88 bits per heavy atom. The zero-order valence-corrected chi connectivity index (χ0v) is 15.8. The van der Waals surface area contributed by atoms with Gasteiger partial charge in [-0.3, -0.25) is 9.29 Å². The number of ether oxygens (including phenoxy) is 1. The summed E-state index contributed by atoms with van der Waals surface area (Å²) in [5.41, 5.74) is 1.71. The third-order valence-corrected chi connectivity index (χ3v) is 5.94. The van der Waals surface area contributed by atoms with Gasteiger partial charge >= 0.3 is 0 Å². The molecule has 0 radical (unpaired) electrons. The molecule has 1 saturated heterocycles. The van der Waals surface area contributed by atoms with Crippen molar-refractivity contribution in [3.05, 3.63) is 29.3 Å². The maximum atomic E-state index is 13.2. The van der Waals surface area contributed by atoms with Crippen LogP contribution in [0.3, 0.4) is 0 Å². The Bertz CT molecular complexity index is 591. The van der Waals surface area contributed by atoms with Crippen molar-refractivity contribution >= 4 is 0 Å². The predicted molar refractivity (Wildman–Crippen MR) is 98.7 cm³/mol. The van der Waals surface area contributed by atoms with Gasteiger partial charge in [0.25, 0.3) is 0 Å². The lowest BCUT2D eigenvalue weighted by Crippen LogP contribution is -2.55. The van der Waals surface area contributed by atoms with Crippen LogP contribution in [0.25, 0.3) is 0 Å². The molecule has 1 aromatic rings. The van der Waals surface area contributed by atoms with Crippen molar-refractivity contribution in [3.8, 4) is 5.75 Å². The zero-order valence-electron chi connectivity index (χ0n) is 15.8. The second kappa shape index (κ2) is 7.63. The Labute approximate surface area is 151 Å². The molecule has 0 spiro atoms. The van der Waals surface area contributed by atoms with Gasteiger partial charge in [0.1, 0.15) is 5.75 Å². The Morgan fingerprint density at radius 2 is 2.20 bits per heavy atom. The molecule has 0 amide bonds. The van der Waals surface area contributed by atoms with E-state index in [0.717, 1.165) is 31.7 Å². The van der Waals surface area contributed by atoms with Crippen LogP contribution in [-0.2, 0) is 6.42 Å². The second-order valence-corrected chi connectivity index (χ2v) is 8.13. The highest BCUT2D eigenvalue weighted by atomic mass is 19.1. The third-order valence-electron chi connectivity index (χ3n) is 5.94. The van der Waals surface area contributed by atoms with Gasteiger partial charge in [0.05, 0.1) is 18.9 Å². The normalized spacial score (nSPS) is 29.4. The van der Waals surface area contributed by atoms with Crippen LogP contribution in [0, 0.1) is 11.8 Å². The number of aliphatic hydroxyl groups is 1. The van der Waals surface area contributed by atoms with Crippen molar-refractivity contribution in [1.29, 1.82) is 0 Å². The topological polar surface area (TPSA) is 32.7 Å². The van der Waals surface area contributed by atoms with Crippen LogP contribution in [0.2, 0.25) is 0 Å². The molecule has 3 rings (SSSR count). The van der Waals surface area contributed by atoms with E-state index >= 15 is 0 Å². The second-order valence-electron chi connectivity index (χ2n) is 8.13. The number of benzene rings is 1. The molecule has 4 heteroatoms. The fourth-order valence-corrected chi connectivity index (χ4v) is 4.74. The molecule has 2 heterocycles. The Kier molecular flexibility index (Phi) is 5.69. The molecular formula is C21H32FNO2. The highest BCUT2D eigenvalue weighted by Gasteiger charge is 2.47. The van der Waals surface area contributed by atoms with E-state index in [4.69, 9.17) is 4.74 Å². The number of hydrogen-bond acceptors (Lipinski definition) is 3. The SMILES string of the molecule is CCOc1ccc2c(c1)CCN1C[C@H](CC(C)C)[C@](O)(CCF)C[C@@H]21. The summed E-state index contributed by atoms with van der Waals surface area (Å²) in [6, 6.07) is 6.51. The van der Waals surface area contributed by atoms with Gasteiger partial charge in [-0.2, -0.15) is 0 Å². The highest BCUT2D eigenvalue weighted by Crippen LogP contribution is 2.46. The molecule has 0 aliphatic carbocycles. The monoisotopic (exact) mass is 349 g/mol. The minimum Gasteiger partial charge on any atom is -0.494 e. The molecule has 1 aromatic carbocycles. The number of piperidine rings is 1. The molecule has 1 N–H and O–H groups in total. The average Bonchev–Trinajstić information content (AvgIpc) is 2.55. The van der Waals surface area contributed by atoms with E-state index in [0.29, 0.717) is 18.9 Å². The van der Waals surface area contributed by atoms with Gasteiger partial charge in [0.2, 0.25) is 0 Å². The molecule has 1 fully saturated rings. The summed E-state index contributed by atoms with van der Waals surface area (Å²) in [5, 5.41) is 11.3. The van der Waals surface area contributed by atoms with Gasteiger partial charge in [0.15, 0.2) is 0 Å². The number of alkyl halides is 1. The maximum absolute atomic E-state index is 13.2. The van der Waals surface area contributed by atoms with Crippen LogP contribution >= 0.6 is 0 Å². The summed E-state index contributed by atoms with van der Waals surface area (Å²) >= 11 is 0. The van der Waals surface area contributed by atoms with Crippen molar-refractivity contribution in [2.45, 2.75) is 58.1 Å². The quantitative estimate of drug-likeness (QED) is 0.838. The molecule has 140 valence electrons. The van der Waals surface area contributed by atoms with Crippen LogP contribution in [0.5, 0.6) is 5.75 Å². The Balaban J connectivity index is 1.87. The van der Waals surface area contributed by atoms with Gasteiger partial charge in [-0.15, -0.1) is 0 Å². The smallest absolute Gasteiger partial charge is 0.119 e. The number of hydrogen-bond donors (Lipinski definition) is 1. The van der Waals surface area contributed by atoms with Crippen LogP contribution in [0.1, 0.15) is 57.2 Å². The maximum Gasteiger partial charge on any atom is 0.119 e. The summed E-state index contributed by atoms with van der Waals surface area (Å²) < 4.78 is 18.8. The first-order valence-electron chi connectivity index (χ1n) is 9.75. The highest BCUT2D eigenvalue weighted by molar-refractivity contribution is 5.40. The van der Waals surface area contributed by atoms with E-state index in [-0.39, 0.29) is 18.4 Å². The standard InChI is InChI=1S/C21H32FNO2/c1-4-25-18-5-6-19-16(12-18)7-10-23-14-17(11-15(2)3)21(24,8-9-22)13-20(19)23/h5-6,12,15,17,20,24H,4,7-11,13-14H2,1-3H3/t17-,20-,21-/m0/s1. The minimum absolute atomic E-state index is 0.156. The van der Waals surface area contributed by atoms with Crippen LogP contribution in [-0.4, -0.2) is 42.0 Å². The van der Waals surface area contributed by atoms with Crippen molar-refractivity contribution in [2.24, 2.45) is 11.8 Å². The predicted octanol–water partition coefficient (Wildman–Crippen LogP) is 4.14. The van der Waals surface area contributed by atoms with Gasteiger partial charge < -0.3 is 9.84 Å². The zero-order chi connectivity index (χ0) is 18.0. The first-order valence-corrected chi connectivity index (χ1v) is 9.75. The molecule has 0 saturated carbocycles. The molecule has 2 aliphatic rings. The summed E-state index contributed by atoms with van der Waals surface area (Å²) in [6.45, 7) is 8.45. The van der Waals surface area contributed by atoms with Crippen molar-refractivity contribution < 1.29 is 14.2 Å². The molecule has 3 atom stereocenters. The van der Waals surface area contributed by atoms with Crippen molar-refractivity contribution in [2.75, 3.05) is 26.4 Å². The molecule has 0 bridgehead atoms. The largest absolute Gasteiger partial charge is 0.494 e. The summed E-state index contributed by atoms with van der Waals surface area (Å²) in [7, 11) is 0. The van der Waals surface area contributed by atoms with Crippen molar-refractivity contribution in [1.82, 2.24) is 4.90 Å². The van der Waals surface area contributed by atoms with E-state index in [1.807, 2.05) is 13.0 Å². The number of halogens is 1. The van der Waals surface area contributed by atoms with Gasteiger partial charge in [-0.05, 0) is 55.4 Å². The van der Waals surface area contributed by atoms with E-state index in [2.05, 4.69) is 30.9 Å². The molecule has 2 aliphatic heterocycles. The minimum atomic E-state index is -0.895. The van der Waals surface area contributed by atoms with E-state index < -0.39 is 12.3 Å². The Hall–Kier alpha value is -1.13. The van der Waals surface area contributed by atoms with E-state index in [9.17, 15) is 9.50 Å². The summed E-state index contributed by atoms with van der Waals surface area (Å²) in [5.74, 6) is 1.59. The van der Waals surface area contributed by atoms with Crippen LogP contribution in [0.15, 0.2) is 18.2 Å². The fraction of sp³-hybridized carbons (Fsp3) is 0.714. The van der Waals surface area contributed by atoms with Crippen LogP contribution in [0.4, 0.5) is 4.39 Å². The Morgan fingerprint density at radius 1 is 1.40 bits per heavy atom. The van der Waals surface area contributed by atoms with E-state index in [1.165, 1.54) is 11.1 Å². The summed E-state index contributed by atoms with van der Waals surface area (Å²) in [6.07, 6.45) is 2.86. The van der Waals surface area contributed by atoms with Gasteiger partial charge in [0, 0.05) is 31.5 Å². The molecule has 25 heavy (non-hydrogen) atoms. The summed E-state index contributed by atoms with van der Waals surface area (Å²) in [4.78, 5) is 2.50. The first-order chi connectivity index (χ1) is 12.0. The molecule has 0 aromatic heterocycles. The molecule has 0 unspecified atom stereocenters. The first kappa shape index (κ1) is 18.7. The van der Waals surface area contributed by atoms with Gasteiger partial charge in [-0.1, -0.05) is 19.9 Å². The fourth-order valence-electron chi connectivity index (χ4n) is 4.74. The van der Waals surface area contributed by atoms with Gasteiger partial charge in [-0.25, -0.2) is 0 Å². The van der Waals surface area contributed by atoms with Crippen LogP contribution < -0.4 is 4.74 Å². The molecule has 3 nitrogen and oxygen atoms in total. The lowest BCUT2D eigenvalue weighted by Gasteiger charge is -2.51. The number of fused-ring (bicyclic) bond motifs is 3. The average molecular weight is 349 g/mol. The number of rotatable bonds is 6. The van der Waals surface area contributed by atoms with E-state index in [1.54, 1.807) is 0 Å².